The van der Waals surface area contributed by atoms with Gasteiger partial charge in [0.15, 0.2) is 34.6 Å². The third kappa shape index (κ3) is 6.82. The summed E-state index contributed by atoms with van der Waals surface area (Å²) in [6.07, 6.45) is 1.48. The molecule has 0 radical (unpaired) electrons. The van der Waals surface area contributed by atoms with Crippen molar-refractivity contribution < 1.29 is 38.1 Å². The smallest absolute Gasteiger partial charge is 0.303 e. The van der Waals surface area contributed by atoms with Crippen LogP contribution in [0.25, 0.3) is 11.0 Å². The largest absolute Gasteiger partial charge is 0.463 e. The second-order valence-corrected chi connectivity index (χ2v) is 10.3. The molecule has 0 spiro atoms. The van der Waals surface area contributed by atoms with Crippen LogP contribution >= 0.6 is 23.4 Å². The van der Waals surface area contributed by atoms with Crippen LogP contribution in [0.1, 0.15) is 33.9 Å². The van der Waals surface area contributed by atoms with Gasteiger partial charge in [0.1, 0.15) is 18.6 Å². The summed E-state index contributed by atoms with van der Waals surface area (Å²) in [4.78, 5) is 63.7. The normalized spacial score (nSPS) is 22.4. The lowest BCUT2D eigenvalue weighted by atomic mass is 9.95. The minimum Gasteiger partial charge on any atom is -0.463 e. The molecule has 0 aromatic carbocycles. The SMILES string of the molecule is CSc1nc(/N=C/N(C)C)c2c(NC(=O)CCl)cn(C3O[C@H](COC(C)=O)[C@@H](OC(C)=O)C3(C)OC(C)=O)c2n1. The number of nitrogens with zero attached hydrogens (tertiary/aromatic N) is 5. The molecule has 3 heterocycles. The van der Waals surface area contributed by atoms with Crippen molar-refractivity contribution in [1.29, 1.82) is 0 Å². The number of hydrogen-bond donors (Lipinski definition) is 1. The fourth-order valence-corrected chi connectivity index (χ4v) is 4.68. The van der Waals surface area contributed by atoms with Crippen LogP contribution in [0.2, 0.25) is 0 Å². The van der Waals surface area contributed by atoms with E-state index in [1.54, 1.807) is 25.3 Å². The molecule has 1 aliphatic heterocycles. The highest BCUT2D eigenvalue weighted by Gasteiger charge is 2.60. The summed E-state index contributed by atoms with van der Waals surface area (Å²) in [5.41, 5.74) is -1.09. The van der Waals surface area contributed by atoms with Crippen LogP contribution in [0.4, 0.5) is 11.5 Å². The molecule has 1 fully saturated rings. The van der Waals surface area contributed by atoms with E-state index in [2.05, 4.69) is 20.3 Å². The Balaban J connectivity index is 2.32. The molecule has 218 valence electrons. The first-order valence-corrected chi connectivity index (χ1v) is 13.7. The van der Waals surface area contributed by atoms with Gasteiger partial charge in [0.2, 0.25) is 5.91 Å². The molecule has 0 bridgehead atoms. The Hall–Kier alpha value is -3.43. The lowest BCUT2D eigenvalue weighted by molar-refractivity contribution is -0.184. The molecular weight excluding hydrogens is 568 g/mol. The fraction of sp³-hybridized carbons (Fsp3) is 0.542. The van der Waals surface area contributed by atoms with Crippen molar-refractivity contribution >= 4 is 76.1 Å². The minimum absolute atomic E-state index is 0.242. The summed E-state index contributed by atoms with van der Waals surface area (Å²) in [6.45, 7) is 4.86. The van der Waals surface area contributed by atoms with E-state index < -0.39 is 47.9 Å². The number of alkyl halides is 1. The number of amides is 1. The standard InChI is InChI=1S/C24H31ClN6O8S/c1-12(32)36-10-16-19(37-13(2)33)24(4,39-14(3)34)22(38-16)31-9-15(27-17(35)8-25)18-20(26-11-30(5)6)28-23(40-7)29-21(18)31/h9,11,16,19,22H,8,10H2,1-7H3,(H,27,35)/b26-11+/t16-,19-,22?,24?/m1/s1. The summed E-state index contributed by atoms with van der Waals surface area (Å²) in [7, 11) is 3.57. The van der Waals surface area contributed by atoms with Gasteiger partial charge in [-0.2, -0.15) is 0 Å². The fourth-order valence-electron chi connectivity index (χ4n) is 4.26. The summed E-state index contributed by atoms with van der Waals surface area (Å²) < 4.78 is 24.3. The number of nitrogens with one attached hydrogen (secondary N) is 1. The van der Waals surface area contributed by atoms with E-state index in [9.17, 15) is 19.2 Å². The quantitative estimate of drug-likeness (QED) is 0.0808. The van der Waals surface area contributed by atoms with Crippen LogP contribution in [0.5, 0.6) is 0 Å². The predicted octanol–water partition coefficient (Wildman–Crippen LogP) is 2.27. The summed E-state index contributed by atoms with van der Waals surface area (Å²) in [6, 6.07) is 0. The molecule has 0 saturated carbocycles. The van der Waals surface area contributed by atoms with Gasteiger partial charge in [0, 0.05) is 41.1 Å². The van der Waals surface area contributed by atoms with E-state index in [4.69, 9.17) is 30.5 Å². The van der Waals surface area contributed by atoms with Crippen molar-refractivity contribution in [2.75, 3.05) is 38.2 Å². The van der Waals surface area contributed by atoms with Crippen LogP contribution < -0.4 is 5.32 Å². The molecule has 3 rings (SSSR count). The zero-order valence-corrected chi connectivity index (χ0v) is 24.7. The molecule has 1 amide bonds. The number of anilines is 1. The Labute approximate surface area is 239 Å². The zero-order valence-electron chi connectivity index (χ0n) is 23.1. The highest BCUT2D eigenvalue weighted by Crippen LogP contribution is 2.46. The van der Waals surface area contributed by atoms with Crippen molar-refractivity contribution in [1.82, 2.24) is 19.4 Å². The van der Waals surface area contributed by atoms with E-state index >= 15 is 0 Å². The first-order valence-electron chi connectivity index (χ1n) is 12.0. The topological polar surface area (TPSA) is 164 Å². The molecule has 16 heteroatoms. The molecular formula is C24H31ClN6O8S. The van der Waals surface area contributed by atoms with Crippen LogP contribution in [0.15, 0.2) is 16.3 Å². The number of thioether (sulfide) groups is 1. The van der Waals surface area contributed by atoms with E-state index in [-0.39, 0.29) is 29.6 Å². The molecule has 2 aromatic heterocycles. The molecule has 1 aliphatic rings. The van der Waals surface area contributed by atoms with Crippen molar-refractivity contribution in [3.05, 3.63) is 6.20 Å². The van der Waals surface area contributed by atoms with Crippen molar-refractivity contribution in [3.8, 4) is 0 Å². The Morgan fingerprint density at radius 3 is 2.48 bits per heavy atom. The lowest BCUT2D eigenvalue weighted by Gasteiger charge is -2.34. The Kier molecular flexibility index (Phi) is 9.97. The second kappa shape index (κ2) is 12.8. The number of carbonyl (C=O) groups excluding carboxylic acids is 4. The monoisotopic (exact) mass is 598 g/mol. The minimum atomic E-state index is -1.63. The van der Waals surface area contributed by atoms with E-state index in [1.807, 2.05) is 0 Å². The highest BCUT2D eigenvalue weighted by molar-refractivity contribution is 7.98. The van der Waals surface area contributed by atoms with Gasteiger partial charge in [-0.3, -0.25) is 23.7 Å². The molecule has 0 aliphatic carbocycles. The summed E-state index contributed by atoms with van der Waals surface area (Å²) >= 11 is 7.02. The van der Waals surface area contributed by atoms with Gasteiger partial charge < -0.3 is 29.2 Å². The second-order valence-electron chi connectivity index (χ2n) is 9.21. The molecule has 2 unspecified atom stereocenters. The van der Waals surface area contributed by atoms with Gasteiger partial charge in [0.25, 0.3) is 0 Å². The first-order chi connectivity index (χ1) is 18.8. The summed E-state index contributed by atoms with van der Waals surface area (Å²) in [5, 5.41) is 3.43. The van der Waals surface area contributed by atoms with Crippen LogP contribution in [0.3, 0.4) is 0 Å². The molecule has 4 atom stereocenters. The van der Waals surface area contributed by atoms with Crippen molar-refractivity contribution in [3.63, 3.8) is 0 Å². The zero-order chi connectivity index (χ0) is 29.8. The number of ether oxygens (including phenoxy) is 4. The Morgan fingerprint density at radius 1 is 1.23 bits per heavy atom. The number of carbonyl (C=O) groups is 4. The van der Waals surface area contributed by atoms with E-state index in [1.165, 1.54) is 56.6 Å². The maximum atomic E-state index is 12.4. The van der Waals surface area contributed by atoms with Gasteiger partial charge in [-0.25, -0.2) is 15.0 Å². The Morgan fingerprint density at radius 2 is 1.93 bits per heavy atom. The van der Waals surface area contributed by atoms with E-state index in [0.29, 0.717) is 10.5 Å². The molecule has 1 saturated heterocycles. The van der Waals surface area contributed by atoms with Crippen LogP contribution in [-0.4, -0.2) is 100 Å². The average Bonchev–Trinajstić information content (AvgIpc) is 3.34. The maximum absolute atomic E-state index is 12.4. The molecule has 40 heavy (non-hydrogen) atoms. The highest BCUT2D eigenvalue weighted by atomic mass is 35.5. The van der Waals surface area contributed by atoms with Crippen molar-refractivity contribution in [2.24, 2.45) is 4.99 Å². The van der Waals surface area contributed by atoms with Gasteiger partial charge in [-0.05, 0) is 13.2 Å². The van der Waals surface area contributed by atoms with Gasteiger partial charge in [0.05, 0.1) is 17.4 Å². The average molecular weight is 599 g/mol. The van der Waals surface area contributed by atoms with Gasteiger partial charge >= 0.3 is 17.9 Å². The molecule has 2 aromatic rings. The number of hydrogen-bond acceptors (Lipinski definition) is 12. The number of fused-ring (bicyclic) bond motifs is 1. The third-order valence-corrected chi connectivity index (χ3v) is 6.47. The van der Waals surface area contributed by atoms with Crippen LogP contribution in [-0.2, 0) is 38.1 Å². The number of aromatic nitrogens is 3. The predicted molar refractivity (Wildman–Crippen MR) is 147 cm³/mol. The number of aliphatic imine (C=N–C) groups is 1. The molecule has 14 nitrogen and oxygen atoms in total. The van der Waals surface area contributed by atoms with E-state index in [0.717, 1.165) is 0 Å². The number of rotatable bonds is 10. The lowest BCUT2D eigenvalue weighted by Crippen LogP contribution is -2.50. The number of esters is 3. The summed E-state index contributed by atoms with van der Waals surface area (Å²) in [5.74, 6) is -2.51. The van der Waals surface area contributed by atoms with Gasteiger partial charge in [-0.1, -0.05) is 11.8 Å². The number of halogens is 1. The first kappa shape index (κ1) is 31.1. The molecule has 1 N–H and O–H groups in total. The van der Waals surface area contributed by atoms with Crippen molar-refractivity contribution in [2.45, 2.75) is 56.9 Å². The van der Waals surface area contributed by atoms with Crippen LogP contribution in [0, 0.1) is 0 Å². The van der Waals surface area contributed by atoms with Gasteiger partial charge in [-0.15, -0.1) is 11.6 Å². The maximum Gasteiger partial charge on any atom is 0.303 e. The third-order valence-electron chi connectivity index (χ3n) is 5.68. The Bertz CT molecular complexity index is 1330.